The molecule has 138 valence electrons. The number of benzene rings is 1. The first-order valence-electron chi connectivity index (χ1n) is 7.79. The molecule has 25 heavy (non-hydrogen) atoms. The Hall–Kier alpha value is -1.34. The van der Waals surface area contributed by atoms with Crippen molar-refractivity contribution in [3.63, 3.8) is 0 Å². The summed E-state index contributed by atoms with van der Waals surface area (Å²) < 4.78 is 14.6. The molecule has 0 saturated heterocycles. The first-order chi connectivity index (χ1) is 11.2. The van der Waals surface area contributed by atoms with E-state index in [0.717, 1.165) is 48.6 Å². The van der Waals surface area contributed by atoms with Gasteiger partial charge in [-0.15, -0.1) is 36.2 Å². The summed E-state index contributed by atoms with van der Waals surface area (Å²) >= 11 is 1.53. The van der Waals surface area contributed by atoms with E-state index in [9.17, 15) is 4.39 Å². The summed E-state index contributed by atoms with van der Waals surface area (Å²) in [5.74, 6) is 0.221. The van der Waals surface area contributed by atoms with Crippen molar-refractivity contribution < 1.29 is 4.39 Å². The summed E-state index contributed by atoms with van der Waals surface area (Å²) in [6.45, 7) is 2.54. The van der Waals surface area contributed by atoms with Crippen LogP contribution < -0.4 is 16.0 Å². The minimum atomic E-state index is -0.212. The Morgan fingerprint density at radius 3 is 2.88 bits per heavy atom. The number of nitrogens with two attached hydrogens (primary N) is 1. The van der Waals surface area contributed by atoms with Gasteiger partial charge in [-0.1, -0.05) is 6.07 Å². The molecule has 1 aromatic heterocycles. The van der Waals surface area contributed by atoms with Gasteiger partial charge < -0.3 is 16.0 Å². The van der Waals surface area contributed by atoms with Gasteiger partial charge in [0.15, 0.2) is 0 Å². The van der Waals surface area contributed by atoms with Crippen LogP contribution in [0.3, 0.4) is 0 Å². The minimum absolute atomic E-state index is 0. The Morgan fingerprint density at radius 2 is 2.20 bits per heavy atom. The second-order valence-corrected chi connectivity index (χ2v) is 6.55. The van der Waals surface area contributed by atoms with Crippen LogP contribution >= 0.6 is 36.2 Å². The third-order valence-corrected chi connectivity index (χ3v) is 4.86. The van der Waals surface area contributed by atoms with Gasteiger partial charge in [0.05, 0.1) is 16.3 Å². The van der Waals surface area contributed by atoms with E-state index < -0.39 is 0 Å². The van der Waals surface area contributed by atoms with Crippen LogP contribution in [0.2, 0.25) is 0 Å². The number of halogens is 3. The fourth-order valence-corrected chi connectivity index (χ4v) is 3.54. The molecule has 1 aromatic carbocycles. The monoisotopic (exact) mass is 404 g/mol. The van der Waals surface area contributed by atoms with E-state index in [1.807, 2.05) is 30.6 Å². The van der Waals surface area contributed by atoms with E-state index in [1.54, 1.807) is 0 Å². The number of nitrogens with one attached hydrogen (secondary N) is 1. The molecule has 8 heteroatoms. The van der Waals surface area contributed by atoms with Gasteiger partial charge in [-0.2, -0.15) is 0 Å². The van der Waals surface area contributed by atoms with Crippen molar-refractivity contribution in [3.8, 4) is 0 Å². The van der Waals surface area contributed by atoms with E-state index in [1.165, 1.54) is 17.4 Å². The summed E-state index contributed by atoms with van der Waals surface area (Å²) in [5.41, 5.74) is 8.34. The molecule has 0 bridgehead atoms. The summed E-state index contributed by atoms with van der Waals surface area (Å²) in [6.07, 6.45) is 1.91. The van der Waals surface area contributed by atoms with Gasteiger partial charge in [-0.25, -0.2) is 9.38 Å². The number of hydrogen-bond acceptors (Lipinski definition) is 4. The van der Waals surface area contributed by atoms with Gasteiger partial charge >= 0.3 is 0 Å². The average molecular weight is 405 g/mol. The highest BCUT2D eigenvalue weighted by atomic mass is 35.5. The molecule has 2 heterocycles. The number of rotatable bonds is 5. The van der Waals surface area contributed by atoms with Gasteiger partial charge in [0.1, 0.15) is 11.7 Å². The molecule has 0 unspecified atom stereocenters. The lowest BCUT2D eigenvalue weighted by Gasteiger charge is -2.31. The second kappa shape index (κ2) is 9.97. The number of nitrogens with zero attached hydrogens (tertiary/aromatic N) is 2. The average Bonchev–Trinajstić information content (AvgIpc) is 3.07. The van der Waals surface area contributed by atoms with Crippen LogP contribution in [0.25, 0.3) is 0 Å². The summed E-state index contributed by atoms with van der Waals surface area (Å²) in [5, 5.41) is 5.07. The molecule has 0 spiro atoms. The largest absolute Gasteiger partial charge is 0.383 e. The lowest BCUT2D eigenvalue weighted by molar-refractivity contribution is 0.592. The molecule has 0 atom stereocenters. The molecule has 0 aliphatic carbocycles. The van der Waals surface area contributed by atoms with E-state index in [-0.39, 0.29) is 30.6 Å². The van der Waals surface area contributed by atoms with Crippen LogP contribution in [0.5, 0.6) is 0 Å². The van der Waals surface area contributed by atoms with Crippen LogP contribution in [0, 0.1) is 5.82 Å². The van der Waals surface area contributed by atoms with Crippen molar-refractivity contribution in [2.75, 3.05) is 31.6 Å². The summed E-state index contributed by atoms with van der Waals surface area (Å²) in [7, 11) is 1.91. The zero-order chi connectivity index (χ0) is 16.2. The normalized spacial score (nSPS) is 13.7. The van der Waals surface area contributed by atoms with E-state index in [0.29, 0.717) is 11.5 Å². The van der Waals surface area contributed by atoms with Gasteiger partial charge in [0.25, 0.3) is 0 Å². The van der Waals surface area contributed by atoms with Crippen molar-refractivity contribution in [1.29, 1.82) is 0 Å². The maximum Gasteiger partial charge on any atom is 0.148 e. The van der Waals surface area contributed by atoms with Crippen LogP contribution in [0.15, 0.2) is 34.6 Å². The highest BCUT2D eigenvalue weighted by molar-refractivity contribution is 7.12. The number of fused-ring (bicyclic) bond motifs is 1. The predicted molar refractivity (Wildman–Crippen MR) is 110 cm³/mol. The molecule has 3 N–H and O–H groups in total. The smallest absolute Gasteiger partial charge is 0.148 e. The second-order valence-electron chi connectivity index (χ2n) is 5.60. The molecule has 3 rings (SSSR count). The van der Waals surface area contributed by atoms with E-state index in [2.05, 4.69) is 15.2 Å². The zero-order valence-corrected chi connectivity index (χ0v) is 16.4. The van der Waals surface area contributed by atoms with Gasteiger partial charge in [-0.3, -0.25) is 0 Å². The van der Waals surface area contributed by atoms with Crippen LogP contribution in [-0.4, -0.2) is 32.5 Å². The lowest BCUT2D eigenvalue weighted by atomic mass is 10.0. The quantitative estimate of drug-likeness (QED) is 0.589. The lowest BCUT2D eigenvalue weighted by Crippen LogP contribution is -2.35. The number of likely N-dealkylation sites (N-methyl/N-ethyl adjacent to an activating group) is 1. The maximum absolute atomic E-state index is 14.6. The highest BCUT2D eigenvalue weighted by Crippen LogP contribution is 2.33. The van der Waals surface area contributed by atoms with Gasteiger partial charge in [0.2, 0.25) is 0 Å². The molecule has 0 fully saturated rings. The molecule has 0 radical (unpaired) electrons. The number of thiophene rings is 1. The van der Waals surface area contributed by atoms with Crippen molar-refractivity contribution in [2.45, 2.75) is 12.8 Å². The summed E-state index contributed by atoms with van der Waals surface area (Å²) in [4.78, 5) is 7.41. The standard InChI is InChI=1S/C17H21FN4S.2ClH/c1-20-6-8-22-7-2-4-12-10-13(11-14(18)16(12)22)21-17(19)15-5-3-9-23-15;;/h3,5,9-11,20H,2,4,6-8H2,1H3,(H2,19,21);2*1H. The third-order valence-electron chi connectivity index (χ3n) is 3.97. The van der Waals surface area contributed by atoms with Crippen molar-refractivity contribution in [1.82, 2.24) is 5.32 Å². The number of amidine groups is 1. The van der Waals surface area contributed by atoms with E-state index in [4.69, 9.17) is 5.73 Å². The molecule has 4 nitrogen and oxygen atoms in total. The molecule has 1 aliphatic rings. The molecular formula is C17H23Cl2FN4S. The molecule has 0 amide bonds. The zero-order valence-electron chi connectivity index (χ0n) is 14.0. The Kier molecular flexibility index (Phi) is 8.65. The predicted octanol–water partition coefficient (Wildman–Crippen LogP) is 3.74. The van der Waals surface area contributed by atoms with Crippen molar-refractivity contribution in [3.05, 3.63) is 45.9 Å². The Labute approximate surface area is 164 Å². The Bertz CT molecular complexity index is 707. The number of aryl methyl sites for hydroxylation is 1. The number of aliphatic imine (C=N–C) groups is 1. The molecular weight excluding hydrogens is 382 g/mol. The van der Waals surface area contributed by atoms with Crippen molar-refractivity contribution in [2.24, 2.45) is 10.7 Å². The number of hydrogen-bond donors (Lipinski definition) is 2. The summed E-state index contributed by atoms with van der Waals surface area (Å²) in [6, 6.07) is 7.29. The highest BCUT2D eigenvalue weighted by Gasteiger charge is 2.21. The molecule has 2 aromatic rings. The minimum Gasteiger partial charge on any atom is -0.383 e. The topological polar surface area (TPSA) is 53.6 Å². The van der Waals surface area contributed by atoms with Crippen molar-refractivity contribution >= 4 is 53.4 Å². The van der Waals surface area contributed by atoms with Crippen LogP contribution in [-0.2, 0) is 6.42 Å². The third kappa shape index (κ3) is 5.07. The Balaban J connectivity index is 0.00000156. The van der Waals surface area contributed by atoms with Crippen LogP contribution in [0.1, 0.15) is 16.9 Å². The molecule has 0 saturated carbocycles. The first-order valence-corrected chi connectivity index (χ1v) is 8.67. The fraction of sp³-hybridized carbons (Fsp3) is 0.353. The van der Waals surface area contributed by atoms with Gasteiger partial charge in [-0.05, 0) is 43.0 Å². The maximum atomic E-state index is 14.6. The SMILES string of the molecule is CNCCN1CCCc2cc(N=C(N)c3cccs3)cc(F)c21.Cl.Cl. The first kappa shape index (κ1) is 21.7. The van der Waals surface area contributed by atoms with Crippen LogP contribution in [0.4, 0.5) is 15.8 Å². The van der Waals surface area contributed by atoms with Gasteiger partial charge in [0, 0.05) is 25.7 Å². The number of anilines is 1. The fourth-order valence-electron chi connectivity index (χ4n) is 2.91. The van der Waals surface area contributed by atoms with E-state index >= 15 is 0 Å². The molecule has 1 aliphatic heterocycles. The Morgan fingerprint density at radius 1 is 1.40 bits per heavy atom.